The maximum atomic E-state index is 11.4. The zero-order valence-corrected chi connectivity index (χ0v) is 9.76. The molecular formula is C10H17NO5. The number of oxime groups is 1. The predicted molar refractivity (Wildman–Crippen MR) is 56.9 cm³/mol. The minimum atomic E-state index is -0.973. The largest absolute Gasteiger partial charge is 0.465 e. The molecule has 0 aromatic carbocycles. The van der Waals surface area contributed by atoms with E-state index in [-0.39, 0.29) is 19.6 Å². The number of esters is 2. The average Bonchev–Trinajstić information content (AvgIpc) is 2.25. The molecule has 0 N–H and O–H groups in total. The smallest absolute Gasteiger partial charge is 0.320 e. The summed E-state index contributed by atoms with van der Waals surface area (Å²) in [4.78, 5) is 27.3. The highest BCUT2D eigenvalue weighted by Gasteiger charge is 2.28. The topological polar surface area (TPSA) is 74.2 Å². The Morgan fingerprint density at radius 2 is 1.69 bits per heavy atom. The molecule has 6 heteroatoms. The summed E-state index contributed by atoms with van der Waals surface area (Å²) in [5.41, 5.74) is 0. The zero-order chi connectivity index (χ0) is 12.4. The van der Waals surface area contributed by atoms with Gasteiger partial charge in [0.15, 0.2) is 5.92 Å². The van der Waals surface area contributed by atoms with Crippen LogP contribution >= 0.6 is 0 Å². The molecule has 0 bridgehead atoms. The van der Waals surface area contributed by atoms with Crippen molar-refractivity contribution in [3.63, 3.8) is 0 Å². The van der Waals surface area contributed by atoms with Crippen molar-refractivity contribution in [2.75, 3.05) is 20.3 Å². The van der Waals surface area contributed by atoms with E-state index in [1.807, 2.05) is 0 Å². The van der Waals surface area contributed by atoms with Crippen molar-refractivity contribution < 1.29 is 23.9 Å². The second kappa shape index (κ2) is 8.70. The van der Waals surface area contributed by atoms with Gasteiger partial charge in [0, 0.05) is 12.6 Å². The van der Waals surface area contributed by atoms with Crippen LogP contribution in [0.25, 0.3) is 0 Å². The average molecular weight is 231 g/mol. The lowest BCUT2D eigenvalue weighted by Crippen LogP contribution is -2.28. The summed E-state index contributed by atoms with van der Waals surface area (Å²) < 4.78 is 9.52. The van der Waals surface area contributed by atoms with E-state index >= 15 is 0 Å². The Labute approximate surface area is 94.5 Å². The van der Waals surface area contributed by atoms with Crippen LogP contribution in [0.5, 0.6) is 0 Å². The molecule has 0 rings (SSSR count). The van der Waals surface area contributed by atoms with Crippen LogP contribution in [0.15, 0.2) is 5.16 Å². The number of carbonyl (C=O) groups is 2. The van der Waals surface area contributed by atoms with Gasteiger partial charge in [-0.1, -0.05) is 5.16 Å². The van der Waals surface area contributed by atoms with Crippen LogP contribution in [0, 0.1) is 5.92 Å². The van der Waals surface area contributed by atoms with Crippen molar-refractivity contribution in [3.05, 3.63) is 0 Å². The summed E-state index contributed by atoms with van der Waals surface area (Å²) in [7, 11) is 1.38. The monoisotopic (exact) mass is 231 g/mol. The Morgan fingerprint density at radius 1 is 1.19 bits per heavy atom. The van der Waals surface area contributed by atoms with Crippen molar-refractivity contribution in [1.82, 2.24) is 0 Å². The lowest BCUT2D eigenvalue weighted by molar-refractivity contribution is -0.161. The summed E-state index contributed by atoms with van der Waals surface area (Å²) in [5, 5.41) is 3.46. The van der Waals surface area contributed by atoms with Crippen LogP contribution in [0.3, 0.4) is 0 Å². The molecule has 0 aromatic heterocycles. The van der Waals surface area contributed by atoms with Gasteiger partial charge in [0.1, 0.15) is 7.11 Å². The predicted octanol–water partition coefficient (Wildman–Crippen LogP) is 0.751. The van der Waals surface area contributed by atoms with Crippen molar-refractivity contribution >= 4 is 18.2 Å². The first-order valence-corrected chi connectivity index (χ1v) is 5.05. The van der Waals surface area contributed by atoms with Gasteiger partial charge in [-0.2, -0.15) is 0 Å². The van der Waals surface area contributed by atoms with Crippen molar-refractivity contribution in [1.29, 1.82) is 0 Å². The van der Waals surface area contributed by atoms with E-state index < -0.39 is 17.9 Å². The van der Waals surface area contributed by atoms with Gasteiger partial charge in [0.2, 0.25) is 0 Å². The Kier molecular flexibility index (Phi) is 7.83. The van der Waals surface area contributed by atoms with E-state index in [1.165, 1.54) is 13.3 Å². The third-order valence-corrected chi connectivity index (χ3v) is 1.66. The highest BCUT2D eigenvalue weighted by atomic mass is 16.6. The van der Waals surface area contributed by atoms with Gasteiger partial charge in [0.05, 0.1) is 13.2 Å². The van der Waals surface area contributed by atoms with Crippen LogP contribution in [-0.4, -0.2) is 38.5 Å². The number of hydrogen-bond donors (Lipinski definition) is 0. The molecule has 0 aliphatic heterocycles. The van der Waals surface area contributed by atoms with Gasteiger partial charge in [-0.15, -0.1) is 0 Å². The van der Waals surface area contributed by atoms with Crippen molar-refractivity contribution in [2.45, 2.75) is 20.3 Å². The Hall–Kier alpha value is -1.59. The third kappa shape index (κ3) is 5.33. The normalized spacial score (nSPS) is 10.5. The summed E-state index contributed by atoms with van der Waals surface area (Å²) in [6, 6.07) is 0. The van der Waals surface area contributed by atoms with Gasteiger partial charge in [-0.3, -0.25) is 9.59 Å². The van der Waals surface area contributed by atoms with Crippen molar-refractivity contribution in [3.8, 4) is 0 Å². The van der Waals surface area contributed by atoms with Gasteiger partial charge < -0.3 is 14.3 Å². The number of ether oxygens (including phenoxy) is 2. The van der Waals surface area contributed by atoms with Crippen LogP contribution < -0.4 is 0 Å². The molecule has 0 unspecified atom stereocenters. The molecule has 16 heavy (non-hydrogen) atoms. The third-order valence-electron chi connectivity index (χ3n) is 1.66. The molecule has 0 fully saturated rings. The zero-order valence-electron chi connectivity index (χ0n) is 9.76. The van der Waals surface area contributed by atoms with E-state index in [0.717, 1.165) is 0 Å². The van der Waals surface area contributed by atoms with Crippen LogP contribution in [-0.2, 0) is 23.9 Å². The van der Waals surface area contributed by atoms with Crippen molar-refractivity contribution in [2.24, 2.45) is 11.1 Å². The molecule has 0 aliphatic rings. The maximum absolute atomic E-state index is 11.4. The number of nitrogens with zero attached hydrogens (tertiary/aromatic N) is 1. The standard InChI is InChI=1S/C10H17NO5/c1-4-15-9(12)8(6-7-11-14-3)10(13)16-5-2/h7-8H,4-6H2,1-3H3. The Bertz CT molecular complexity index is 234. The fourth-order valence-corrected chi connectivity index (χ4v) is 0.997. The second-order valence-electron chi connectivity index (χ2n) is 2.76. The molecule has 0 aliphatic carbocycles. The number of hydrogen-bond acceptors (Lipinski definition) is 6. The Morgan fingerprint density at radius 3 is 2.06 bits per heavy atom. The summed E-state index contributed by atoms with van der Waals surface area (Å²) in [6.45, 7) is 3.78. The first-order chi connectivity index (χ1) is 7.67. The van der Waals surface area contributed by atoms with E-state index in [4.69, 9.17) is 9.47 Å². The number of rotatable bonds is 7. The first-order valence-electron chi connectivity index (χ1n) is 5.05. The maximum Gasteiger partial charge on any atom is 0.320 e. The second-order valence-corrected chi connectivity index (χ2v) is 2.76. The lowest BCUT2D eigenvalue weighted by atomic mass is 10.1. The SMILES string of the molecule is CCOC(=O)C(CC=NOC)C(=O)OCC. The molecule has 0 amide bonds. The number of carbonyl (C=O) groups excluding carboxylic acids is 2. The molecule has 0 saturated heterocycles. The molecule has 6 nitrogen and oxygen atoms in total. The first kappa shape index (κ1) is 14.4. The molecule has 92 valence electrons. The molecule has 0 spiro atoms. The van der Waals surface area contributed by atoms with Crippen LogP contribution in [0.4, 0.5) is 0 Å². The minimum absolute atomic E-state index is 0.103. The van der Waals surface area contributed by atoms with Gasteiger partial charge in [-0.25, -0.2) is 0 Å². The molecule has 0 radical (unpaired) electrons. The minimum Gasteiger partial charge on any atom is -0.465 e. The van der Waals surface area contributed by atoms with Crippen LogP contribution in [0.2, 0.25) is 0 Å². The fourth-order valence-electron chi connectivity index (χ4n) is 0.997. The summed E-state index contributed by atoms with van der Waals surface area (Å²) >= 11 is 0. The molecule has 0 atom stereocenters. The van der Waals surface area contributed by atoms with E-state index in [9.17, 15) is 9.59 Å². The van der Waals surface area contributed by atoms with E-state index in [0.29, 0.717) is 0 Å². The van der Waals surface area contributed by atoms with Gasteiger partial charge >= 0.3 is 11.9 Å². The van der Waals surface area contributed by atoms with Crippen LogP contribution in [0.1, 0.15) is 20.3 Å². The summed E-state index contributed by atoms with van der Waals surface area (Å²) in [6.07, 6.45) is 1.43. The highest BCUT2D eigenvalue weighted by molar-refractivity contribution is 5.97. The molecule has 0 saturated carbocycles. The lowest BCUT2D eigenvalue weighted by Gasteiger charge is -2.11. The molecule has 0 heterocycles. The van der Waals surface area contributed by atoms with Gasteiger partial charge in [-0.05, 0) is 13.8 Å². The molecule has 0 aromatic rings. The van der Waals surface area contributed by atoms with E-state index in [2.05, 4.69) is 9.99 Å². The Balaban J connectivity index is 4.42. The highest BCUT2D eigenvalue weighted by Crippen LogP contribution is 2.07. The quantitative estimate of drug-likeness (QED) is 0.280. The van der Waals surface area contributed by atoms with E-state index in [1.54, 1.807) is 13.8 Å². The fraction of sp³-hybridized carbons (Fsp3) is 0.700. The summed E-state index contributed by atoms with van der Waals surface area (Å²) in [5.74, 6) is -2.19. The molecular weight excluding hydrogens is 214 g/mol. The van der Waals surface area contributed by atoms with Gasteiger partial charge in [0.25, 0.3) is 0 Å².